The first-order valence-corrected chi connectivity index (χ1v) is 7.95. The molecule has 1 aliphatic heterocycles. The third-order valence-corrected chi connectivity index (χ3v) is 4.29. The average Bonchev–Trinajstić information content (AvgIpc) is 2.55. The summed E-state index contributed by atoms with van der Waals surface area (Å²) in [5.74, 6) is -3.50. The Morgan fingerprint density at radius 2 is 1.88 bits per heavy atom. The summed E-state index contributed by atoms with van der Waals surface area (Å²) in [7, 11) is -4.31. The number of aliphatic hydroxyl groups excluding tert-OH is 1. The molecule has 10 nitrogen and oxygen atoms in total. The van der Waals surface area contributed by atoms with Crippen LogP contribution < -0.4 is 34.9 Å². The Morgan fingerprint density at radius 3 is 2.36 bits per heavy atom. The van der Waals surface area contributed by atoms with Crippen LogP contribution in [-0.4, -0.2) is 59.4 Å². The summed E-state index contributed by atoms with van der Waals surface area (Å²) in [6.07, 6.45) is -1.64. The predicted molar refractivity (Wildman–Crippen MR) is 75.7 cm³/mol. The van der Waals surface area contributed by atoms with Crippen LogP contribution >= 0.6 is 0 Å². The zero-order chi connectivity index (χ0) is 18.1. The molecule has 1 fully saturated rings. The number of nitrogens with zero attached hydrogens (tertiary/aromatic N) is 1. The molecule has 0 bridgehead atoms. The molecule has 1 aromatic rings. The fourth-order valence-electron chi connectivity index (χ4n) is 2.22. The first kappa shape index (κ1) is 21.5. The molecule has 2 amide bonds. The van der Waals surface area contributed by atoms with E-state index in [1.54, 1.807) is 18.2 Å². The van der Waals surface area contributed by atoms with Gasteiger partial charge >= 0.3 is 35.5 Å². The number of β-lactam (4-membered cyclic amide) rings is 1. The molecule has 3 unspecified atom stereocenters. The minimum absolute atomic E-state index is 0. The molecular formula is C13H13N2NaO8S. The molecule has 0 aromatic heterocycles. The molecule has 2 rings (SSSR count). The summed E-state index contributed by atoms with van der Waals surface area (Å²) in [5, 5.41) is 12.0. The number of methoxy groups -OCH3 is 1. The number of carbonyl (C=O) groups excluding carboxylic acids is 3. The second-order valence-corrected chi connectivity index (χ2v) is 6.11. The summed E-state index contributed by atoms with van der Waals surface area (Å²) in [6.45, 7) is 0. The van der Waals surface area contributed by atoms with Crippen LogP contribution in [0.5, 0.6) is 0 Å². The van der Waals surface area contributed by atoms with Crippen LogP contribution in [-0.2, 0) is 29.4 Å². The van der Waals surface area contributed by atoms with Crippen molar-refractivity contribution in [1.29, 1.82) is 0 Å². The predicted octanol–water partition coefficient (Wildman–Crippen LogP) is -4.95. The van der Waals surface area contributed by atoms with Gasteiger partial charge in [-0.25, -0.2) is 17.5 Å². The Hall–Kier alpha value is -1.50. The van der Waals surface area contributed by atoms with Crippen molar-refractivity contribution in [2.45, 2.75) is 18.2 Å². The average molecular weight is 380 g/mol. The van der Waals surface area contributed by atoms with Gasteiger partial charge in [-0.3, -0.25) is 9.59 Å². The molecule has 1 aliphatic rings. The SMILES string of the molecule is COC(=O)C1C(NC(=O)C(O)c2ccccc2)C(=O)N1S(=O)(=O)[O-].[Na+]. The van der Waals surface area contributed by atoms with Gasteiger partial charge in [-0.2, -0.15) is 0 Å². The molecular weight excluding hydrogens is 367 g/mol. The van der Waals surface area contributed by atoms with Crippen molar-refractivity contribution < 1.29 is 66.8 Å². The van der Waals surface area contributed by atoms with Crippen molar-refractivity contribution in [1.82, 2.24) is 9.62 Å². The van der Waals surface area contributed by atoms with Crippen molar-refractivity contribution >= 4 is 28.1 Å². The van der Waals surface area contributed by atoms with Gasteiger partial charge in [0.2, 0.25) is 0 Å². The molecule has 1 heterocycles. The van der Waals surface area contributed by atoms with Gasteiger partial charge < -0.3 is 19.7 Å². The number of nitrogens with one attached hydrogen (secondary N) is 1. The Morgan fingerprint density at radius 1 is 1.32 bits per heavy atom. The molecule has 12 heteroatoms. The van der Waals surface area contributed by atoms with Gasteiger partial charge in [-0.05, 0) is 5.56 Å². The zero-order valence-corrected chi connectivity index (χ0v) is 16.1. The van der Waals surface area contributed by atoms with Gasteiger partial charge in [0, 0.05) is 0 Å². The van der Waals surface area contributed by atoms with Crippen molar-refractivity contribution in [3.8, 4) is 0 Å². The number of esters is 1. The summed E-state index contributed by atoms with van der Waals surface area (Å²) in [4.78, 5) is 35.4. The first-order valence-electron chi connectivity index (χ1n) is 6.58. The summed E-state index contributed by atoms with van der Waals surface area (Å²) in [6, 6.07) is 4.29. The van der Waals surface area contributed by atoms with Crippen LogP contribution in [0.25, 0.3) is 0 Å². The van der Waals surface area contributed by atoms with Crippen LogP contribution in [0.2, 0.25) is 0 Å². The number of amides is 2. The van der Waals surface area contributed by atoms with Crippen molar-refractivity contribution in [2.75, 3.05) is 7.11 Å². The zero-order valence-electron chi connectivity index (χ0n) is 13.3. The largest absolute Gasteiger partial charge is 1.00 e. The number of benzene rings is 1. The molecule has 0 radical (unpaired) electrons. The molecule has 3 atom stereocenters. The normalized spacial score (nSPS) is 20.8. The van der Waals surface area contributed by atoms with Crippen LogP contribution in [0.3, 0.4) is 0 Å². The monoisotopic (exact) mass is 380 g/mol. The second kappa shape index (κ2) is 8.25. The topological polar surface area (TPSA) is 153 Å². The number of aliphatic hydroxyl groups is 1. The quantitative estimate of drug-likeness (QED) is 0.223. The molecule has 2 N–H and O–H groups in total. The van der Waals surface area contributed by atoms with Gasteiger partial charge in [0.1, 0.15) is 6.04 Å². The number of carbonyl (C=O) groups is 3. The Bertz CT molecular complexity index is 769. The molecule has 0 spiro atoms. The fraction of sp³-hybridized carbons (Fsp3) is 0.308. The van der Waals surface area contributed by atoms with E-state index in [0.717, 1.165) is 7.11 Å². The van der Waals surface area contributed by atoms with E-state index in [-0.39, 0.29) is 39.4 Å². The minimum atomic E-state index is -5.24. The molecule has 130 valence electrons. The van der Waals surface area contributed by atoms with Gasteiger partial charge in [-0.15, -0.1) is 0 Å². The number of rotatable bonds is 5. The fourth-order valence-corrected chi connectivity index (χ4v) is 3.04. The van der Waals surface area contributed by atoms with Crippen molar-refractivity contribution in [3.63, 3.8) is 0 Å². The van der Waals surface area contributed by atoms with E-state index in [1.165, 1.54) is 12.1 Å². The Labute approximate surface area is 165 Å². The third kappa shape index (κ3) is 4.37. The Kier molecular flexibility index (Phi) is 7.11. The smallest absolute Gasteiger partial charge is 0.731 e. The van der Waals surface area contributed by atoms with E-state index >= 15 is 0 Å². The van der Waals surface area contributed by atoms with Crippen LogP contribution in [0, 0.1) is 0 Å². The summed E-state index contributed by atoms with van der Waals surface area (Å²) in [5.41, 5.74) is 0.227. The van der Waals surface area contributed by atoms with E-state index in [0.29, 0.717) is 0 Å². The van der Waals surface area contributed by atoms with Crippen molar-refractivity contribution in [3.05, 3.63) is 35.9 Å². The summed E-state index contributed by atoms with van der Waals surface area (Å²) < 4.78 is 37.2. The van der Waals surface area contributed by atoms with E-state index in [4.69, 9.17) is 0 Å². The van der Waals surface area contributed by atoms with E-state index in [9.17, 15) is 32.5 Å². The van der Waals surface area contributed by atoms with E-state index < -0.39 is 46.3 Å². The molecule has 1 aromatic carbocycles. The standard InChI is InChI=1S/C13H14N2O8S.Na/c1-23-13(19)9-8(12(18)15(9)24(20,21)22)14-11(17)10(16)7-5-3-2-4-6-7;/h2-6,8-10,16H,1H3,(H,14,17)(H,20,21,22);/q;+1/p-1. The third-order valence-electron chi connectivity index (χ3n) is 3.40. The van der Waals surface area contributed by atoms with Gasteiger partial charge in [0.15, 0.2) is 22.4 Å². The molecule has 1 saturated heterocycles. The molecule has 0 saturated carbocycles. The number of hydrogen-bond acceptors (Lipinski definition) is 8. The van der Waals surface area contributed by atoms with Gasteiger partial charge in [-0.1, -0.05) is 30.3 Å². The molecule has 25 heavy (non-hydrogen) atoms. The Balaban J connectivity index is 0.00000312. The van der Waals surface area contributed by atoms with Crippen LogP contribution in [0.4, 0.5) is 0 Å². The minimum Gasteiger partial charge on any atom is -0.731 e. The maximum absolute atomic E-state index is 12.0. The second-order valence-electron chi connectivity index (χ2n) is 4.86. The van der Waals surface area contributed by atoms with E-state index in [2.05, 4.69) is 4.74 Å². The maximum atomic E-state index is 12.0. The van der Waals surface area contributed by atoms with E-state index in [1.807, 2.05) is 5.32 Å². The van der Waals surface area contributed by atoms with Crippen LogP contribution in [0.1, 0.15) is 11.7 Å². The van der Waals surface area contributed by atoms with Crippen molar-refractivity contribution in [2.24, 2.45) is 0 Å². The maximum Gasteiger partial charge on any atom is 1.00 e. The number of ether oxygens (including phenoxy) is 1. The van der Waals surface area contributed by atoms with Crippen LogP contribution in [0.15, 0.2) is 30.3 Å². The molecule has 0 aliphatic carbocycles. The van der Waals surface area contributed by atoms with Gasteiger partial charge in [0.25, 0.3) is 11.8 Å². The summed E-state index contributed by atoms with van der Waals surface area (Å²) >= 11 is 0. The van der Waals surface area contributed by atoms with Gasteiger partial charge in [0.05, 0.1) is 7.11 Å². The number of hydrogen-bond donors (Lipinski definition) is 2. The first-order chi connectivity index (χ1) is 11.2.